The molecule has 2 rings (SSSR count). The smallest absolute Gasteiger partial charge is 0.242 e. The summed E-state index contributed by atoms with van der Waals surface area (Å²) in [4.78, 5) is 27.0. The maximum Gasteiger partial charge on any atom is 0.242 e. The van der Waals surface area contributed by atoms with Gasteiger partial charge in [0.05, 0.1) is 6.61 Å². The van der Waals surface area contributed by atoms with Gasteiger partial charge in [-0.15, -0.1) is 0 Å². The normalized spacial score (nSPS) is 11.6. The van der Waals surface area contributed by atoms with Crippen LogP contribution in [0.3, 0.4) is 0 Å². The molecule has 30 heavy (non-hydrogen) atoms. The lowest BCUT2D eigenvalue weighted by molar-refractivity contribution is -0.140. The summed E-state index contributed by atoms with van der Waals surface area (Å²) in [6, 6.07) is 13.8. The van der Waals surface area contributed by atoms with Crippen LogP contribution < -0.4 is 10.1 Å². The Hall–Kier alpha value is -2.24. The van der Waals surface area contributed by atoms with Crippen LogP contribution in [-0.2, 0) is 16.1 Å². The quantitative estimate of drug-likeness (QED) is 0.484. The molecule has 0 saturated heterocycles. The van der Waals surface area contributed by atoms with Crippen LogP contribution >= 0.6 is 23.2 Å². The molecule has 2 aromatic rings. The van der Waals surface area contributed by atoms with Crippen molar-refractivity contribution in [2.24, 2.45) is 0 Å². The van der Waals surface area contributed by atoms with Gasteiger partial charge in [-0.2, -0.15) is 0 Å². The molecule has 0 aliphatic heterocycles. The Bertz CT molecular complexity index is 827. The van der Waals surface area contributed by atoms with Gasteiger partial charge in [-0.25, -0.2) is 0 Å². The molecule has 0 unspecified atom stereocenters. The van der Waals surface area contributed by atoms with E-state index in [1.807, 2.05) is 25.1 Å². The second-order valence-corrected chi connectivity index (χ2v) is 7.90. The molecule has 1 atom stereocenters. The van der Waals surface area contributed by atoms with Crippen LogP contribution in [0.2, 0.25) is 10.0 Å². The van der Waals surface area contributed by atoms with Crippen molar-refractivity contribution in [3.8, 4) is 5.75 Å². The minimum Gasteiger partial charge on any atom is -0.494 e. The van der Waals surface area contributed by atoms with E-state index in [0.29, 0.717) is 41.9 Å². The molecule has 2 amide bonds. The van der Waals surface area contributed by atoms with Crippen molar-refractivity contribution in [2.45, 2.75) is 45.7 Å². The van der Waals surface area contributed by atoms with Crippen LogP contribution in [0.5, 0.6) is 5.75 Å². The van der Waals surface area contributed by atoms with Crippen molar-refractivity contribution in [1.29, 1.82) is 0 Å². The molecule has 5 nitrogen and oxygen atoms in total. The molecule has 1 N–H and O–H groups in total. The average Bonchev–Trinajstić information content (AvgIpc) is 2.74. The van der Waals surface area contributed by atoms with Crippen LogP contribution in [0.25, 0.3) is 0 Å². The van der Waals surface area contributed by atoms with Crippen LogP contribution in [0.15, 0.2) is 48.5 Å². The van der Waals surface area contributed by atoms with Crippen molar-refractivity contribution in [1.82, 2.24) is 10.2 Å². The van der Waals surface area contributed by atoms with Gasteiger partial charge in [0.25, 0.3) is 0 Å². The van der Waals surface area contributed by atoms with E-state index in [4.69, 9.17) is 27.9 Å². The molecule has 0 saturated carbocycles. The average molecular weight is 451 g/mol. The van der Waals surface area contributed by atoms with Crippen LogP contribution in [-0.4, -0.2) is 35.9 Å². The molecule has 0 aliphatic carbocycles. The first-order valence-corrected chi connectivity index (χ1v) is 10.9. The number of nitrogens with one attached hydrogen (secondary N) is 1. The Labute approximate surface area is 188 Å². The molecular formula is C23H28Cl2N2O3. The fourth-order valence-electron chi connectivity index (χ4n) is 2.90. The van der Waals surface area contributed by atoms with Gasteiger partial charge in [-0.3, -0.25) is 9.59 Å². The number of halogens is 2. The van der Waals surface area contributed by atoms with Crippen LogP contribution in [0.1, 0.15) is 38.7 Å². The molecule has 0 fully saturated rings. The van der Waals surface area contributed by atoms with E-state index < -0.39 is 6.04 Å². The Balaban J connectivity index is 1.97. The molecular weight excluding hydrogens is 423 g/mol. The third-order valence-corrected chi connectivity index (χ3v) is 5.06. The number of amides is 2. The van der Waals surface area contributed by atoms with Crippen LogP contribution in [0.4, 0.5) is 0 Å². The van der Waals surface area contributed by atoms with Crippen molar-refractivity contribution in [3.05, 3.63) is 64.1 Å². The molecule has 0 bridgehead atoms. The Morgan fingerprint density at radius 3 is 2.50 bits per heavy atom. The zero-order chi connectivity index (χ0) is 21.9. The summed E-state index contributed by atoms with van der Waals surface area (Å²) in [5.41, 5.74) is 0.878. The van der Waals surface area contributed by atoms with Gasteiger partial charge in [-0.05, 0) is 61.7 Å². The lowest BCUT2D eigenvalue weighted by atomic mass is 10.1. The van der Waals surface area contributed by atoms with E-state index in [1.165, 1.54) is 0 Å². The summed E-state index contributed by atoms with van der Waals surface area (Å²) in [7, 11) is 0. The fourth-order valence-corrected chi connectivity index (χ4v) is 3.24. The number of carbonyl (C=O) groups is 2. The Morgan fingerprint density at radius 2 is 1.83 bits per heavy atom. The largest absolute Gasteiger partial charge is 0.494 e. The van der Waals surface area contributed by atoms with Gasteiger partial charge in [0.1, 0.15) is 11.8 Å². The zero-order valence-corrected chi connectivity index (χ0v) is 18.9. The predicted octanol–water partition coefficient (Wildman–Crippen LogP) is 5.10. The number of hydrogen-bond acceptors (Lipinski definition) is 3. The Morgan fingerprint density at radius 1 is 1.10 bits per heavy atom. The van der Waals surface area contributed by atoms with Crippen molar-refractivity contribution in [3.63, 3.8) is 0 Å². The first kappa shape index (κ1) is 24.0. The van der Waals surface area contributed by atoms with E-state index in [2.05, 4.69) is 5.32 Å². The van der Waals surface area contributed by atoms with Crippen molar-refractivity contribution >= 4 is 35.0 Å². The van der Waals surface area contributed by atoms with E-state index >= 15 is 0 Å². The Kier molecular flexibility index (Phi) is 9.98. The lowest BCUT2D eigenvalue weighted by Gasteiger charge is -2.29. The summed E-state index contributed by atoms with van der Waals surface area (Å²) >= 11 is 11.9. The first-order valence-electron chi connectivity index (χ1n) is 10.1. The second kappa shape index (κ2) is 12.5. The van der Waals surface area contributed by atoms with E-state index in [1.54, 1.807) is 42.2 Å². The van der Waals surface area contributed by atoms with Gasteiger partial charge < -0.3 is 15.0 Å². The van der Waals surface area contributed by atoms with E-state index in [0.717, 1.165) is 12.0 Å². The van der Waals surface area contributed by atoms with E-state index in [9.17, 15) is 9.59 Å². The number of benzene rings is 2. The fraction of sp³-hybridized carbons (Fsp3) is 0.391. The highest BCUT2D eigenvalue weighted by atomic mass is 35.5. The van der Waals surface area contributed by atoms with E-state index in [-0.39, 0.29) is 18.2 Å². The molecule has 0 radical (unpaired) electrons. The maximum absolute atomic E-state index is 12.9. The standard InChI is InChI=1S/C23H28Cl2N2O3/c1-3-13-26-23(29)17(2)27(16-18-6-4-7-20(25)15-18)22(28)8-5-14-30-21-11-9-19(24)10-12-21/h4,6-7,9-12,15,17H,3,5,8,13-14,16H2,1-2H3,(H,26,29)/t17-/m1/s1. The molecule has 162 valence electrons. The lowest BCUT2D eigenvalue weighted by Crippen LogP contribution is -2.47. The van der Waals surface area contributed by atoms with Crippen molar-refractivity contribution < 1.29 is 14.3 Å². The highest BCUT2D eigenvalue weighted by Crippen LogP contribution is 2.17. The minimum absolute atomic E-state index is 0.103. The zero-order valence-electron chi connectivity index (χ0n) is 17.4. The second-order valence-electron chi connectivity index (χ2n) is 7.02. The maximum atomic E-state index is 12.9. The molecule has 0 aromatic heterocycles. The third-order valence-electron chi connectivity index (χ3n) is 4.58. The summed E-state index contributed by atoms with van der Waals surface area (Å²) in [5, 5.41) is 4.10. The van der Waals surface area contributed by atoms with Gasteiger partial charge in [-0.1, -0.05) is 42.3 Å². The van der Waals surface area contributed by atoms with Gasteiger partial charge >= 0.3 is 0 Å². The summed E-state index contributed by atoms with van der Waals surface area (Å²) in [6.07, 6.45) is 1.65. The number of hydrogen-bond donors (Lipinski definition) is 1. The summed E-state index contributed by atoms with van der Waals surface area (Å²) in [6.45, 7) is 5.03. The number of nitrogens with zero attached hydrogens (tertiary/aromatic N) is 1. The highest BCUT2D eigenvalue weighted by Gasteiger charge is 2.25. The van der Waals surface area contributed by atoms with Crippen LogP contribution in [0, 0.1) is 0 Å². The van der Waals surface area contributed by atoms with Crippen molar-refractivity contribution in [2.75, 3.05) is 13.2 Å². The molecule has 0 aliphatic rings. The SMILES string of the molecule is CCCNC(=O)[C@@H](C)N(Cc1cccc(Cl)c1)C(=O)CCCOc1ccc(Cl)cc1. The monoisotopic (exact) mass is 450 g/mol. The van der Waals surface area contributed by atoms with Gasteiger partial charge in [0, 0.05) is 29.6 Å². The van der Waals surface area contributed by atoms with Gasteiger partial charge in [0.15, 0.2) is 0 Å². The molecule has 0 spiro atoms. The highest BCUT2D eigenvalue weighted by molar-refractivity contribution is 6.30. The molecule has 7 heteroatoms. The topological polar surface area (TPSA) is 58.6 Å². The first-order chi connectivity index (χ1) is 14.4. The summed E-state index contributed by atoms with van der Waals surface area (Å²) < 4.78 is 5.66. The molecule has 2 aromatic carbocycles. The number of carbonyl (C=O) groups excluding carboxylic acids is 2. The van der Waals surface area contributed by atoms with Gasteiger partial charge in [0.2, 0.25) is 11.8 Å². The third kappa shape index (κ3) is 7.88. The summed E-state index contributed by atoms with van der Waals surface area (Å²) in [5.74, 6) is 0.438. The molecule has 0 heterocycles. The number of rotatable bonds is 11. The number of ether oxygens (including phenoxy) is 1. The predicted molar refractivity (Wildman–Crippen MR) is 121 cm³/mol. The minimum atomic E-state index is -0.583.